The zero-order valence-corrected chi connectivity index (χ0v) is 20.2. The van der Waals surface area contributed by atoms with Crippen molar-refractivity contribution in [1.29, 1.82) is 0 Å². The summed E-state index contributed by atoms with van der Waals surface area (Å²) in [5.41, 5.74) is 2.75. The first kappa shape index (κ1) is 22.7. The maximum atomic E-state index is 13.6. The molecule has 0 aliphatic carbocycles. The van der Waals surface area contributed by atoms with Crippen LogP contribution in [-0.4, -0.2) is 33.4 Å². The van der Waals surface area contributed by atoms with Gasteiger partial charge in [-0.1, -0.05) is 53.7 Å². The minimum atomic E-state index is -0.151. The molecule has 4 aromatic rings. The topological polar surface area (TPSA) is 55.2 Å². The molecule has 5 nitrogen and oxygen atoms in total. The second-order valence-electron chi connectivity index (χ2n) is 8.37. The molecule has 0 radical (unpaired) electrons. The van der Waals surface area contributed by atoms with Gasteiger partial charge in [-0.25, -0.2) is 4.98 Å². The molecule has 7 heteroatoms. The van der Waals surface area contributed by atoms with Gasteiger partial charge in [-0.05, 0) is 67.3 Å². The SMILES string of the molecule is O=C(c1ccc2c(=O)n(-c3ccccc3)c(SCc3cccc(Cl)c3)nc2c1)N1CCCCC1. The zero-order chi connectivity index (χ0) is 23.5. The first-order valence-corrected chi connectivity index (χ1v) is 12.8. The second kappa shape index (κ2) is 10.0. The highest BCUT2D eigenvalue weighted by atomic mass is 35.5. The van der Waals surface area contributed by atoms with Gasteiger partial charge in [0.2, 0.25) is 0 Å². The Kier molecular flexibility index (Phi) is 6.70. The van der Waals surface area contributed by atoms with E-state index in [4.69, 9.17) is 16.6 Å². The number of rotatable bonds is 5. The van der Waals surface area contributed by atoms with Crippen LogP contribution < -0.4 is 5.56 Å². The van der Waals surface area contributed by atoms with Gasteiger partial charge >= 0.3 is 0 Å². The number of fused-ring (bicyclic) bond motifs is 1. The summed E-state index contributed by atoms with van der Waals surface area (Å²) in [6, 6.07) is 22.4. The minimum absolute atomic E-state index is 0.00349. The highest BCUT2D eigenvalue weighted by Gasteiger charge is 2.20. The lowest BCUT2D eigenvalue weighted by Crippen LogP contribution is -2.35. The summed E-state index contributed by atoms with van der Waals surface area (Å²) >= 11 is 7.63. The van der Waals surface area contributed by atoms with Crippen LogP contribution in [0.25, 0.3) is 16.6 Å². The predicted octanol–water partition coefficient (Wildman–Crippen LogP) is 5.96. The lowest BCUT2D eigenvalue weighted by molar-refractivity contribution is 0.0724. The van der Waals surface area contributed by atoms with Crippen LogP contribution in [0, 0.1) is 0 Å². The number of thioether (sulfide) groups is 1. The average molecular weight is 490 g/mol. The first-order valence-electron chi connectivity index (χ1n) is 11.4. The Morgan fingerprint density at radius 3 is 2.50 bits per heavy atom. The highest BCUT2D eigenvalue weighted by molar-refractivity contribution is 7.98. The van der Waals surface area contributed by atoms with Crippen LogP contribution >= 0.6 is 23.4 Å². The van der Waals surface area contributed by atoms with Crippen molar-refractivity contribution in [2.45, 2.75) is 30.2 Å². The van der Waals surface area contributed by atoms with Gasteiger partial charge in [0.05, 0.1) is 16.6 Å². The Balaban J connectivity index is 1.57. The van der Waals surface area contributed by atoms with Crippen molar-refractivity contribution in [3.05, 3.63) is 99.3 Å². The molecule has 1 amide bonds. The van der Waals surface area contributed by atoms with Crippen molar-refractivity contribution in [1.82, 2.24) is 14.5 Å². The van der Waals surface area contributed by atoms with E-state index in [0.717, 1.165) is 43.6 Å². The third kappa shape index (κ3) is 4.74. The normalized spacial score (nSPS) is 13.9. The second-order valence-corrected chi connectivity index (χ2v) is 9.75. The van der Waals surface area contributed by atoms with Gasteiger partial charge in [0.25, 0.3) is 11.5 Å². The number of halogens is 1. The Morgan fingerprint density at radius 1 is 0.941 bits per heavy atom. The van der Waals surface area contributed by atoms with Gasteiger partial charge in [-0.15, -0.1) is 0 Å². The van der Waals surface area contributed by atoms with Crippen LogP contribution in [-0.2, 0) is 5.75 Å². The molecule has 1 aromatic heterocycles. The van der Waals surface area contributed by atoms with E-state index in [1.807, 2.05) is 59.5 Å². The summed E-state index contributed by atoms with van der Waals surface area (Å²) in [5.74, 6) is 0.612. The Morgan fingerprint density at radius 2 is 1.74 bits per heavy atom. The van der Waals surface area contributed by atoms with E-state index in [1.165, 1.54) is 11.8 Å². The van der Waals surface area contributed by atoms with Gasteiger partial charge in [0.15, 0.2) is 5.16 Å². The van der Waals surface area contributed by atoms with E-state index in [-0.39, 0.29) is 11.5 Å². The number of para-hydroxylation sites is 1. The van der Waals surface area contributed by atoms with Crippen molar-refractivity contribution >= 4 is 40.2 Å². The van der Waals surface area contributed by atoms with Crippen LogP contribution in [0.2, 0.25) is 5.02 Å². The van der Waals surface area contributed by atoms with Crippen LogP contribution in [0.3, 0.4) is 0 Å². The number of likely N-dealkylation sites (tertiary alicyclic amines) is 1. The fourth-order valence-corrected chi connectivity index (χ4v) is 5.42. The van der Waals surface area contributed by atoms with Crippen LogP contribution in [0.4, 0.5) is 0 Å². The number of aromatic nitrogens is 2. The van der Waals surface area contributed by atoms with E-state index >= 15 is 0 Å². The standard InChI is InChI=1S/C27H24ClN3O2S/c28-21-9-7-8-19(16-21)18-34-27-29-24-17-20(25(32)30-14-5-2-6-15-30)12-13-23(24)26(33)31(27)22-10-3-1-4-11-22/h1,3-4,7-13,16-17H,2,5-6,14-15,18H2. The summed E-state index contributed by atoms with van der Waals surface area (Å²) < 4.78 is 1.64. The Labute approximate surface area is 207 Å². The van der Waals surface area contributed by atoms with E-state index in [9.17, 15) is 9.59 Å². The molecule has 1 aliphatic heterocycles. The van der Waals surface area contributed by atoms with Gasteiger partial charge in [0, 0.05) is 29.4 Å². The molecular weight excluding hydrogens is 466 g/mol. The summed E-state index contributed by atoms with van der Waals surface area (Å²) in [7, 11) is 0. The molecule has 1 fully saturated rings. The summed E-state index contributed by atoms with van der Waals surface area (Å²) in [4.78, 5) is 33.4. The molecule has 3 aromatic carbocycles. The van der Waals surface area contributed by atoms with Crippen molar-refractivity contribution in [3.63, 3.8) is 0 Å². The summed E-state index contributed by atoms with van der Waals surface area (Å²) in [6.45, 7) is 1.56. The van der Waals surface area contributed by atoms with Gasteiger partial charge in [0.1, 0.15) is 0 Å². The zero-order valence-electron chi connectivity index (χ0n) is 18.6. The molecule has 2 heterocycles. The van der Waals surface area contributed by atoms with Crippen LogP contribution in [0.5, 0.6) is 0 Å². The van der Waals surface area contributed by atoms with Gasteiger partial charge in [-0.3, -0.25) is 14.2 Å². The van der Waals surface area contributed by atoms with E-state index < -0.39 is 0 Å². The molecule has 172 valence electrons. The number of carbonyl (C=O) groups is 1. The molecule has 0 atom stereocenters. The lowest BCUT2D eigenvalue weighted by atomic mass is 10.1. The highest BCUT2D eigenvalue weighted by Crippen LogP contribution is 2.26. The predicted molar refractivity (Wildman–Crippen MR) is 138 cm³/mol. The van der Waals surface area contributed by atoms with Crippen LogP contribution in [0.1, 0.15) is 35.2 Å². The van der Waals surface area contributed by atoms with Gasteiger partial charge < -0.3 is 4.90 Å². The third-order valence-electron chi connectivity index (χ3n) is 6.00. The molecule has 1 saturated heterocycles. The van der Waals surface area contributed by atoms with Crippen LogP contribution in [0.15, 0.2) is 82.7 Å². The molecule has 0 spiro atoms. The summed E-state index contributed by atoms with van der Waals surface area (Å²) in [5, 5.41) is 1.74. The van der Waals surface area contributed by atoms with Crippen molar-refractivity contribution in [3.8, 4) is 5.69 Å². The number of piperidine rings is 1. The fraction of sp³-hybridized carbons (Fsp3) is 0.222. The van der Waals surface area contributed by atoms with Gasteiger partial charge in [-0.2, -0.15) is 0 Å². The molecular formula is C27H24ClN3O2S. The fourth-order valence-electron chi connectivity index (χ4n) is 4.25. The maximum Gasteiger partial charge on any atom is 0.266 e. The van der Waals surface area contributed by atoms with E-state index in [2.05, 4.69) is 0 Å². The molecule has 0 saturated carbocycles. The van der Waals surface area contributed by atoms with Crippen molar-refractivity contribution < 1.29 is 4.79 Å². The van der Waals surface area contributed by atoms with Crippen molar-refractivity contribution in [2.75, 3.05) is 13.1 Å². The molecule has 0 unspecified atom stereocenters. The van der Waals surface area contributed by atoms with E-state index in [1.54, 1.807) is 22.8 Å². The summed E-state index contributed by atoms with van der Waals surface area (Å²) in [6.07, 6.45) is 3.22. The van der Waals surface area contributed by atoms with E-state index in [0.29, 0.717) is 32.4 Å². The monoisotopic (exact) mass is 489 g/mol. The largest absolute Gasteiger partial charge is 0.339 e. The average Bonchev–Trinajstić information content (AvgIpc) is 2.88. The molecule has 0 N–H and O–H groups in total. The number of benzene rings is 3. The maximum absolute atomic E-state index is 13.6. The minimum Gasteiger partial charge on any atom is -0.339 e. The van der Waals surface area contributed by atoms with Crippen molar-refractivity contribution in [2.24, 2.45) is 0 Å². The molecule has 1 aliphatic rings. The number of nitrogens with zero attached hydrogens (tertiary/aromatic N) is 3. The molecule has 34 heavy (non-hydrogen) atoms. The first-order chi connectivity index (χ1) is 16.6. The number of hydrogen-bond acceptors (Lipinski definition) is 4. The lowest BCUT2D eigenvalue weighted by Gasteiger charge is -2.26. The number of carbonyl (C=O) groups excluding carboxylic acids is 1. The molecule has 0 bridgehead atoms. The number of hydrogen-bond donors (Lipinski definition) is 0. The Bertz CT molecular complexity index is 1400. The number of amides is 1. The Hall–Kier alpha value is -3.09. The quantitative estimate of drug-likeness (QED) is 0.256. The smallest absolute Gasteiger partial charge is 0.266 e. The third-order valence-corrected chi connectivity index (χ3v) is 7.25. The molecule has 5 rings (SSSR count).